The summed E-state index contributed by atoms with van der Waals surface area (Å²) in [5.74, 6) is 0.795. The van der Waals surface area contributed by atoms with Crippen molar-refractivity contribution in [3.8, 4) is 0 Å². The van der Waals surface area contributed by atoms with Crippen LogP contribution in [-0.2, 0) is 0 Å². The zero-order chi connectivity index (χ0) is 10.9. The predicted octanol–water partition coefficient (Wildman–Crippen LogP) is 2.63. The van der Waals surface area contributed by atoms with Crippen LogP contribution < -0.4 is 0 Å². The average Bonchev–Trinajstić information content (AvgIpc) is 2.29. The van der Waals surface area contributed by atoms with E-state index in [4.69, 9.17) is 11.6 Å². The molecule has 0 aliphatic carbocycles. The third-order valence-electron chi connectivity index (χ3n) is 3.29. The van der Waals surface area contributed by atoms with Crippen LogP contribution in [0.1, 0.15) is 44.9 Å². The number of aliphatic hydroxyl groups is 1. The van der Waals surface area contributed by atoms with Crippen molar-refractivity contribution >= 4 is 11.6 Å². The Labute approximate surface area is 98.6 Å². The summed E-state index contributed by atoms with van der Waals surface area (Å²) >= 11 is 5.63. The van der Waals surface area contributed by atoms with Gasteiger partial charge in [-0.15, -0.1) is 11.6 Å². The maximum absolute atomic E-state index is 9.24. The lowest BCUT2D eigenvalue weighted by molar-refractivity contribution is 0.0886. The van der Waals surface area contributed by atoms with E-state index >= 15 is 0 Å². The lowest BCUT2D eigenvalue weighted by atomic mass is 10.0. The summed E-state index contributed by atoms with van der Waals surface area (Å²) in [5, 5.41) is 9.24. The highest BCUT2D eigenvalue weighted by Crippen LogP contribution is 2.17. The Balaban J connectivity index is 2.07. The van der Waals surface area contributed by atoms with E-state index in [0.29, 0.717) is 12.6 Å². The summed E-state index contributed by atoms with van der Waals surface area (Å²) in [7, 11) is 0. The summed E-state index contributed by atoms with van der Waals surface area (Å²) in [5.41, 5.74) is 0. The van der Waals surface area contributed by atoms with Crippen LogP contribution in [0.2, 0.25) is 0 Å². The summed E-state index contributed by atoms with van der Waals surface area (Å²) in [6.07, 6.45) is 8.70. The minimum Gasteiger partial charge on any atom is -0.395 e. The van der Waals surface area contributed by atoms with Crippen molar-refractivity contribution in [3.63, 3.8) is 0 Å². The minimum atomic E-state index is 0.335. The van der Waals surface area contributed by atoms with E-state index in [1.165, 1.54) is 45.1 Å². The fourth-order valence-electron chi connectivity index (χ4n) is 2.32. The van der Waals surface area contributed by atoms with E-state index < -0.39 is 0 Å². The number of piperidine rings is 1. The largest absolute Gasteiger partial charge is 0.395 e. The van der Waals surface area contributed by atoms with Crippen molar-refractivity contribution in [3.05, 3.63) is 0 Å². The Hall–Kier alpha value is 0.210. The van der Waals surface area contributed by atoms with Crippen molar-refractivity contribution in [2.24, 2.45) is 0 Å². The number of aliphatic hydroxyl groups excluding tert-OH is 1. The normalized spacial score (nSPS) is 23.2. The Morgan fingerprint density at radius 3 is 2.67 bits per heavy atom. The molecule has 1 heterocycles. The molecule has 3 heteroatoms. The fraction of sp³-hybridized carbons (Fsp3) is 1.00. The van der Waals surface area contributed by atoms with E-state index in [-0.39, 0.29) is 0 Å². The molecular weight excluding hydrogens is 210 g/mol. The number of unbranched alkanes of at least 4 members (excludes halogenated alkanes) is 3. The van der Waals surface area contributed by atoms with Gasteiger partial charge in [-0.2, -0.15) is 0 Å². The van der Waals surface area contributed by atoms with E-state index in [1.807, 2.05) is 0 Å². The second kappa shape index (κ2) is 8.37. The Morgan fingerprint density at radius 1 is 1.13 bits per heavy atom. The number of rotatable bonds is 7. The number of hydrogen-bond acceptors (Lipinski definition) is 2. The molecule has 1 N–H and O–H groups in total. The SMILES string of the molecule is OCC1CCCCN1CCCCCCCl. The van der Waals surface area contributed by atoms with Crippen LogP contribution in [-0.4, -0.2) is 41.6 Å². The van der Waals surface area contributed by atoms with Crippen molar-refractivity contribution in [1.29, 1.82) is 0 Å². The van der Waals surface area contributed by atoms with Gasteiger partial charge in [-0.25, -0.2) is 0 Å². The summed E-state index contributed by atoms with van der Waals surface area (Å²) < 4.78 is 0. The second-order valence-corrected chi connectivity index (χ2v) is 4.85. The molecule has 0 bridgehead atoms. The van der Waals surface area contributed by atoms with Gasteiger partial charge in [0.15, 0.2) is 0 Å². The lowest BCUT2D eigenvalue weighted by Crippen LogP contribution is -2.42. The third-order valence-corrected chi connectivity index (χ3v) is 3.56. The van der Waals surface area contributed by atoms with Crippen LogP contribution >= 0.6 is 11.6 Å². The van der Waals surface area contributed by atoms with Gasteiger partial charge < -0.3 is 5.11 Å². The molecule has 90 valence electrons. The van der Waals surface area contributed by atoms with Crippen molar-refractivity contribution in [1.82, 2.24) is 4.90 Å². The van der Waals surface area contributed by atoms with Crippen molar-refractivity contribution in [2.75, 3.05) is 25.6 Å². The Morgan fingerprint density at radius 2 is 1.93 bits per heavy atom. The van der Waals surface area contributed by atoms with E-state index in [1.54, 1.807) is 0 Å². The number of nitrogens with zero attached hydrogens (tertiary/aromatic N) is 1. The van der Waals surface area contributed by atoms with Gasteiger partial charge in [-0.3, -0.25) is 4.90 Å². The molecule has 15 heavy (non-hydrogen) atoms. The molecule has 1 atom stereocenters. The zero-order valence-corrected chi connectivity index (χ0v) is 10.4. The first-order valence-corrected chi connectivity index (χ1v) is 6.83. The fourth-order valence-corrected chi connectivity index (χ4v) is 2.51. The molecule has 0 aromatic carbocycles. The van der Waals surface area contributed by atoms with Gasteiger partial charge in [0.25, 0.3) is 0 Å². The van der Waals surface area contributed by atoms with Gasteiger partial charge >= 0.3 is 0 Å². The topological polar surface area (TPSA) is 23.5 Å². The maximum Gasteiger partial charge on any atom is 0.0586 e. The van der Waals surface area contributed by atoms with Gasteiger partial charge in [0, 0.05) is 11.9 Å². The highest BCUT2D eigenvalue weighted by Gasteiger charge is 2.20. The van der Waals surface area contributed by atoms with Crippen LogP contribution in [0.15, 0.2) is 0 Å². The molecule has 0 radical (unpaired) electrons. The molecule has 0 saturated carbocycles. The quantitative estimate of drug-likeness (QED) is 0.540. The minimum absolute atomic E-state index is 0.335. The number of halogens is 1. The van der Waals surface area contributed by atoms with Gasteiger partial charge in [-0.05, 0) is 38.8 Å². The van der Waals surface area contributed by atoms with Crippen molar-refractivity contribution < 1.29 is 5.11 Å². The molecular formula is C12H24ClNO. The van der Waals surface area contributed by atoms with Crippen LogP contribution in [0.3, 0.4) is 0 Å². The van der Waals surface area contributed by atoms with Gasteiger partial charge in [0.05, 0.1) is 6.61 Å². The first kappa shape index (κ1) is 13.3. The molecule has 1 fully saturated rings. The maximum atomic E-state index is 9.24. The Bertz CT molecular complexity index is 155. The smallest absolute Gasteiger partial charge is 0.0586 e. The molecule has 2 nitrogen and oxygen atoms in total. The van der Waals surface area contributed by atoms with Gasteiger partial charge in [0.1, 0.15) is 0 Å². The molecule has 1 aliphatic rings. The average molecular weight is 234 g/mol. The first-order chi connectivity index (χ1) is 7.38. The first-order valence-electron chi connectivity index (χ1n) is 6.29. The second-order valence-electron chi connectivity index (χ2n) is 4.47. The molecule has 0 spiro atoms. The lowest BCUT2D eigenvalue weighted by Gasteiger charge is -2.34. The van der Waals surface area contributed by atoms with Crippen LogP contribution in [0.4, 0.5) is 0 Å². The van der Waals surface area contributed by atoms with E-state index in [9.17, 15) is 5.11 Å². The van der Waals surface area contributed by atoms with E-state index in [0.717, 1.165) is 18.8 Å². The van der Waals surface area contributed by atoms with Crippen LogP contribution in [0.5, 0.6) is 0 Å². The van der Waals surface area contributed by atoms with Crippen LogP contribution in [0, 0.1) is 0 Å². The monoisotopic (exact) mass is 233 g/mol. The summed E-state index contributed by atoms with van der Waals surface area (Å²) in [6.45, 7) is 2.68. The predicted molar refractivity (Wildman–Crippen MR) is 65.5 cm³/mol. The molecule has 0 amide bonds. The van der Waals surface area contributed by atoms with E-state index in [2.05, 4.69) is 4.90 Å². The molecule has 1 saturated heterocycles. The number of hydrogen-bond donors (Lipinski definition) is 1. The molecule has 1 rings (SSSR count). The standard InChI is InChI=1S/C12H24ClNO/c13-8-4-1-2-5-9-14-10-6-3-7-12(14)11-15/h12,15H,1-11H2. The third kappa shape index (κ3) is 5.19. The molecule has 1 unspecified atom stereocenters. The van der Waals surface area contributed by atoms with Gasteiger partial charge in [0.2, 0.25) is 0 Å². The van der Waals surface area contributed by atoms with Crippen LogP contribution in [0.25, 0.3) is 0 Å². The zero-order valence-electron chi connectivity index (χ0n) is 9.63. The molecule has 1 aliphatic heterocycles. The van der Waals surface area contributed by atoms with Gasteiger partial charge in [-0.1, -0.05) is 19.3 Å². The molecule has 0 aromatic heterocycles. The van der Waals surface area contributed by atoms with Crippen molar-refractivity contribution in [2.45, 2.75) is 51.0 Å². The highest BCUT2D eigenvalue weighted by atomic mass is 35.5. The summed E-state index contributed by atoms with van der Waals surface area (Å²) in [6, 6.07) is 0.437. The summed E-state index contributed by atoms with van der Waals surface area (Å²) in [4.78, 5) is 2.46. The molecule has 0 aromatic rings. The number of alkyl halides is 1. The highest BCUT2D eigenvalue weighted by molar-refractivity contribution is 6.17. The number of likely N-dealkylation sites (tertiary alicyclic amines) is 1. The Kier molecular flexibility index (Phi) is 7.41.